The van der Waals surface area contributed by atoms with Gasteiger partial charge >= 0.3 is 5.97 Å². The van der Waals surface area contributed by atoms with Crippen LogP contribution in [0.25, 0.3) is 0 Å². The SMILES string of the molecule is C=CCCOC(=O)[C@H]1[C@H]2C(=O)N([C@@H](CO)Cc3ccccc3)C(C(=O)N(CC=C)C3CCCCC3)C23CC(Br)[C@@H]1O3. The highest BCUT2D eigenvalue weighted by Crippen LogP contribution is 2.61. The molecule has 0 aromatic heterocycles. The van der Waals surface area contributed by atoms with E-state index < -0.39 is 41.6 Å². The molecule has 0 radical (unpaired) electrons. The fraction of sp³-hybridized carbons (Fsp3) is 0.594. The van der Waals surface area contributed by atoms with Crippen LogP contribution in [0.3, 0.4) is 0 Å². The Hall–Kier alpha value is -2.49. The van der Waals surface area contributed by atoms with E-state index in [9.17, 15) is 19.5 Å². The van der Waals surface area contributed by atoms with Gasteiger partial charge in [0.15, 0.2) is 0 Å². The number of hydrogen-bond donors (Lipinski definition) is 1. The predicted octanol–water partition coefficient (Wildman–Crippen LogP) is 3.80. The number of ether oxygens (including phenoxy) is 2. The molecule has 2 bridgehead atoms. The van der Waals surface area contributed by atoms with Crippen LogP contribution in [0.1, 0.15) is 50.5 Å². The molecule has 3 unspecified atom stereocenters. The minimum Gasteiger partial charge on any atom is -0.465 e. The molecule has 4 fully saturated rings. The monoisotopic (exact) mass is 628 g/mol. The lowest BCUT2D eigenvalue weighted by molar-refractivity contribution is -0.157. The van der Waals surface area contributed by atoms with Gasteiger partial charge in [0.05, 0.1) is 37.2 Å². The Labute approximate surface area is 250 Å². The second kappa shape index (κ2) is 12.8. The molecule has 7 atom stereocenters. The molecule has 9 heteroatoms. The molecule has 222 valence electrons. The Morgan fingerprint density at radius 3 is 2.59 bits per heavy atom. The lowest BCUT2D eigenvalue weighted by Gasteiger charge is -2.42. The van der Waals surface area contributed by atoms with Gasteiger partial charge in [0.25, 0.3) is 0 Å². The first-order valence-electron chi connectivity index (χ1n) is 14.9. The van der Waals surface area contributed by atoms with E-state index in [4.69, 9.17) is 9.47 Å². The molecule has 1 N–H and O–H groups in total. The molecule has 3 aliphatic heterocycles. The second-order valence-electron chi connectivity index (χ2n) is 11.8. The largest absolute Gasteiger partial charge is 0.465 e. The van der Waals surface area contributed by atoms with Crippen molar-refractivity contribution < 1.29 is 29.0 Å². The first kappa shape index (κ1) is 30.0. The molecule has 1 aromatic rings. The van der Waals surface area contributed by atoms with Gasteiger partial charge in [-0.15, -0.1) is 13.2 Å². The molecule has 3 saturated heterocycles. The van der Waals surface area contributed by atoms with Gasteiger partial charge in [-0.1, -0.05) is 77.7 Å². The molecule has 1 saturated carbocycles. The molecular weight excluding hydrogens is 588 g/mol. The summed E-state index contributed by atoms with van der Waals surface area (Å²) < 4.78 is 12.2. The number of fused-ring (bicyclic) bond motifs is 1. The van der Waals surface area contributed by atoms with Crippen molar-refractivity contribution in [2.75, 3.05) is 19.8 Å². The van der Waals surface area contributed by atoms with Gasteiger partial charge in [0, 0.05) is 17.4 Å². The number of likely N-dealkylation sites (tertiary alicyclic amines) is 1. The third-order valence-corrected chi connectivity index (χ3v) is 10.2. The molecule has 1 aromatic carbocycles. The number of amides is 2. The first-order valence-corrected chi connectivity index (χ1v) is 15.8. The summed E-state index contributed by atoms with van der Waals surface area (Å²) in [6.45, 7) is 7.81. The van der Waals surface area contributed by atoms with Crippen LogP contribution in [-0.4, -0.2) is 87.1 Å². The maximum atomic E-state index is 14.8. The third-order valence-electron chi connectivity index (χ3n) is 9.34. The zero-order valence-electron chi connectivity index (χ0n) is 23.5. The third kappa shape index (κ3) is 5.41. The van der Waals surface area contributed by atoms with Crippen molar-refractivity contribution in [2.45, 2.75) is 86.0 Å². The van der Waals surface area contributed by atoms with Crippen molar-refractivity contribution in [3.05, 3.63) is 61.2 Å². The highest BCUT2D eigenvalue weighted by atomic mass is 79.9. The normalized spacial score (nSPS) is 31.5. The smallest absolute Gasteiger partial charge is 0.312 e. The summed E-state index contributed by atoms with van der Waals surface area (Å²) in [6, 6.07) is 8.04. The number of alkyl halides is 1. The van der Waals surface area contributed by atoms with Gasteiger partial charge in [-0.05, 0) is 37.7 Å². The van der Waals surface area contributed by atoms with Crippen LogP contribution in [0.4, 0.5) is 0 Å². The Morgan fingerprint density at radius 1 is 1.20 bits per heavy atom. The van der Waals surface area contributed by atoms with E-state index in [1.807, 2.05) is 35.2 Å². The fourth-order valence-corrected chi connectivity index (χ4v) is 8.54. The van der Waals surface area contributed by atoms with Gasteiger partial charge < -0.3 is 24.4 Å². The van der Waals surface area contributed by atoms with Crippen LogP contribution < -0.4 is 0 Å². The van der Waals surface area contributed by atoms with Crippen LogP contribution in [0, 0.1) is 11.8 Å². The van der Waals surface area contributed by atoms with Crippen LogP contribution in [0.2, 0.25) is 0 Å². The lowest BCUT2D eigenvalue weighted by Crippen LogP contribution is -2.60. The Bertz CT molecular complexity index is 1140. The van der Waals surface area contributed by atoms with E-state index in [1.54, 1.807) is 17.1 Å². The number of esters is 1. The van der Waals surface area contributed by atoms with Gasteiger partial charge in [-0.2, -0.15) is 0 Å². The number of hydrogen-bond acceptors (Lipinski definition) is 6. The van der Waals surface area contributed by atoms with E-state index >= 15 is 0 Å². The summed E-state index contributed by atoms with van der Waals surface area (Å²) in [4.78, 5) is 45.9. The fourth-order valence-electron chi connectivity index (χ4n) is 7.59. The molecular formula is C32H41BrN2O6. The van der Waals surface area contributed by atoms with Gasteiger partial charge in [-0.3, -0.25) is 14.4 Å². The van der Waals surface area contributed by atoms with Crippen LogP contribution >= 0.6 is 15.9 Å². The topological polar surface area (TPSA) is 96.4 Å². The molecule has 5 rings (SSSR count). The maximum Gasteiger partial charge on any atom is 0.312 e. The minimum atomic E-state index is -1.20. The average Bonchev–Trinajstić information content (AvgIpc) is 3.58. The van der Waals surface area contributed by atoms with Crippen molar-refractivity contribution in [1.82, 2.24) is 9.80 Å². The van der Waals surface area contributed by atoms with Crippen molar-refractivity contribution in [3.8, 4) is 0 Å². The van der Waals surface area contributed by atoms with Crippen molar-refractivity contribution in [2.24, 2.45) is 11.8 Å². The highest BCUT2D eigenvalue weighted by Gasteiger charge is 2.77. The number of halogens is 1. The summed E-state index contributed by atoms with van der Waals surface area (Å²) in [7, 11) is 0. The Kier molecular flexibility index (Phi) is 9.36. The highest BCUT2D eigenvalue weighted by molar-refractivity contribution is 9.09. The van der Waals surface area contributed by atoms with Crippen LogP contribution in [0.5, 0.6) is 0 Å². The first-order chi connectivity index (χ1) is 19.9. The number of aliphatic hydroxyl groups excluding tert-OH is 1. The van der Waals surface area contributed by atoms with E-state index in [0.717, 1.165) is 37.7 Å². The number of carbonyl (C=O) groups excluding carboxylic acids is 3. The number of carbonyl (C=O) groups is 3. The number of nitrogens with zero attached hydrogens (tertiary/aromatic N) is 2. The number of aliphatic hydroxyl groups is 1. The Morgan fingerprint density at radius 2 is 1.93 bits per heavy atom. The summed E-state index contributed by atoms with van der Waals surface area (Å²) in [5, 5.41) is 10.7. The predicted molar refractivity (Wildman–Crippen MR) is 158 cm³/mol. The zero-order chi connectivity index (χ0) is 29.1. The number of rotatable bonds is 12. The van der Waals surface area contributed by atoms with Crippen molar-refractivity contribution in [3.63, 3.8) is 0 Å². The van der Waals surface area contributed by atoms with Crippen LogP contribution in [0.15, 0.2) is 55.6 Å². The van der Waals surface area contributed by atoms with Crippen molar-refractivity contribution >= 4 is 33.7 Å². The molecule has 1 spiro atoms. The van der Waals surface area contributed by atoms with E-state index in [0.29, 0.717) is 25.8 Å². The summed E-state index contributed by atoms with van der Waals surface area (Å²) >= 11 is 3.72. The van der Waals surface area contributed by atoms with Crippen molar-refractivity contribution in [1.29, 1.82) is 0 Å². The Balaban J connectivity index is 1.56. The second-order valence-corrected chi connectivity index (χ2v) is 12.9. The molecule has 8 nitrogen and oxygen atoms in total. The lowest BCUT2D eigenvalue weighted by atomic mass is 9.70. The molecule has 1 aliphatic carbocycles. The standard InChI is InChI=1S/C32H41BrN2O6/c1-3-5-17-40-31(39)25-26-29(37)35(23(20-36)18-21-12-8-6-9-13-21)28(32(26)19-24(33)27(25)41-32)30(38)34(16-4-2)22-14-10-7-11-15-22/h3-4,6,8-9,12-13,22-28,36H,1-2,5,7,10-11,14-20H2/t23-,24?,25+,26+,27+,28?,32?/m1/s1. The molecule has 2 amide bonds. The van der Waals surface area contributed by atoms with Gasteiger partial charge in [0.1, 0.15) is 11.6 Å². The van der Waals surface area contributed by atoms with Crippen LogP contribution in [-0.2, 0) is 30.3 Å². The number of benzene rings is 1. The van der Waals surface area contributed by atoms with Gasteiger partial charge in [0.2, 0.25) is 11.8 Å². The van der Waals surface area contributed by atoms with E-state index in [2.05, 4.69) is 29.1 Å². The maximum absolute atomic E-state index is 14.8. The minimum absolute atomic E-state index is 0.0430. The van der Waals surface area contributed by atoms with E-state index in [-0.39, 0.29) is 35.9 Å². The quantitative estimate of drug-likeness (QED) is 0.164. The summed E-state index contributed by atoms with van der Waals surface area (Å²) in [5.74, 6) is -2.72. The van der Waals surface area contributed by atoms with E-state index in [1.165, 1.54) is 0 Å². The zero-order valence-corrected chi connectivity index (χ0v) is 25.1. The molecule has 41 heavy (non-hydrogen) atoms. The molecule has 3 heterocycles. The average molecular weight is 630 g/mol. The van der Waals surface area contributed by atoms with Gasteiger partial charge in [-0.25, -0.2) is 0 Å². The summed E-state index contributed by atoms with van der Waals surface area (Å²) in [5.41, 5.74) is -0.257. The molecule has 4 aliphatic rings. The summed E-state index contributed by atoms with van der Waals surface area (Å²) in [6.07, 6.45) is 9.12.